The van der Waals surface area contributed by atoms with E-state index < -0.39 is 16.0 Å². The van der Waals surface area contributed by atoms with Gasteiger partial charge in [-0.05, 0) is 13.0 Å². The average Bonchev–Trinajstić information content (AvgIpc) is 2.43. The van der Waals surface area contributed by atoms with Gasteiger partial charge in [-0.15, -0.1) is 0 Å². The minimum absolute atomic E-state index is 0.0214. The first-order valence-corrected chi connectivity index (χ1v) is 7.34. The fraction of sp³-hybridized carbons (Fsp3) is 0.308. The summed E-state index contributed by atoms with van der Waals surface area (Å²) in [6.45, 7) is 5.31. The molecule has 0 saturated heterocycles. The summed E-state index contributed by atoms with van der Waals surface area (Å²) in [6.07, 6.45) is 0. The van der Waals surface area contributed by atoms with E-state index in [0.717, 1.165) is 6.07 Å². The normalized spacial score (nSPS) is 11.0. The number of nitrogens with one attached hydrogen (secondary N) is 1. The van der Waals surface area contributed by atoms with E-state index in [0.29, 0.717) is 5.57 Å². The van der Waals surface area contributed by atoms with Gasteiger partial charge in [-0.25, -0.2) is 17.9 Å². The van der Waals surface area contributed by atoms with Crippen molar-refractivity contribution in [2.45, 2.75) is 11.8 Å². The van der Waals surface area contributed by atoms with Crippen LogP contribution >= 0.6 is 0 Å². The summed E-state index contributed by atoms with van der Waals surface area (Å²) >= 11 is 0. The van der Waals surface area contributed by atoms with Crippen molar-refractivity contribution in [3.05, 3.63) is 29.8 Å². The number of carbonyl (C=O) groups is 1. The van der Waals surface area contributed by atoms with Gasteiger partial charge < -0.3 is 14.6 Å². The molecule has 0 radical (unpaired) electrons. The molecule has 0 spiro atoms. The lowest BCUT2D eigenvalue weighted by molar-refractivity contribution is 0.0692. The van der Waals surface area contributed by atoms with Crippen molar-refractivity contribution in [1.82, 2.24) is 4.72 Å². The van der Waals surface area contributed by atoms with Gasteiger partial charge in [0.15, 0.2) is 11.5 Å². The lowest BCUT2D eigenvalue weighted by atomic mass is 10.2. The fourth-order valence-corrected chi connectivity index (χ4v) is 2.69. The molecule has 0 aliphatic rings. The van der Waals surface area contributed by atoms with Crippen LogP contribution < -0.4 is 14.2 Å². The Bertz CT molecular complexity index is 665. The molecule has 0 aliphatic carbocycles. The molecule has 0 fully saturated rings. The van der Waals surface area contributed by atoms with Crippen LogP contribution in [0.3, 0.4) is 0 Å². The monoisotopic (exact) mass is 315 g/mol. The van der Waals surface area contributed by atoms with Crippen molar-refractivity contribution in [3.63, 3.8) is 0 Å². The van der Waals surface area contributed by atoms with Gasteiger partial charge in [-0.2, -0.15) is 0 Å². The van der Waals surface area contributed by atoms with Gasteiger partial charge in [0.25, 0.3) is 0 Å². The number of aromatic carboxylic acids is 1. The Labute approximate surface area is 123 Å². The minimum Gasteiger partial charge on any atom is -0.493 e. The van der Waals surface area contributed by atoms with Gasteiger partial charge in [0.05, 0.1) is 19.1 Å². The molecule has 1 aromatic rings. The largest absolute Gasteiger partial charge is 0.493 e. The van der Waals surface area contributed by atoms with Gasteiger partial charge in [0.1, 0.15) is 5.56 Å². The third-order valence-corrected chi connectivity index (χ3v) is 3.94. The van der Waals surface area contributed by atoms with Crippen LogP contribution in [0.1, 0.15) is 17.3 Å². The Balaban J connectivity index is 3.41. The zero-order valence-corrected chi connectivity index (χ0v) is 12.8. The first-order valence-electron chi connectivity index (χ1n) is 5.86. The number of methoxy groups -OCH3 is 2. The van der Waals surface area contributed by atoms with Gasteiger partial charge in [0.2, 0.25) is 10.0 Å². The predicted molar refractivity (Wildman–Crippen MR) is 76.5 cm³/mol. The standard InChI is InChI=1S/C13H17NO6S/c1-8(2)7-14-21(17,18)9-5-10(13(15)16)12(20-4)11(6-9)19-3/h5-6,14H,1,7H2,2-4H3,(H,15,16). The van der Waals surface area contributed by atoms with Crippen molar-refractivity contribution < 1.29 is 27.8 Å². The molecule has 1 rings (SSSR count). The molecule has 0 amide bonds. The van der Waals surface area contributed by atoms with Crippen LogP contribution in [0.2, 0.25) is 0 Å². The van der Waals surface area contributed by atoms with Crippen LogP contribution in [-0.4, -0.2) is 40.3 Å². The molecular weight excluding hydrogens is 298 g/mol. The lowest BCUT2D eigenvalue weighted by Crippen LogP contribution is -2.25. The number of hydrogen-bond donors (Lipinski definition) is 2. The highest BCUT2D eigenvalue weighted by Gasteiger charge is 2.23. The minimum atomic E-state index is -3.88. The summed E-state index contributed by atoms with van der Waals surface area (Å²) < 4.78 is 36.5. The topological polar surface area (TPSA) is 102 Å². The van der Waals surface area contributed by atoms with Crippen LogP contribution in [0.4, 0.5) is 0 Å². The molecule has 0 aromatic heterocycles. The van der Waals surface area contributed by atoms with E-state index in [1.165, 1.54) is 20.3 Å². The van der Waals surface area contributed by atoms with Crippen molar-refractivity contribution in [3.8, 4) is 11.5 Å². The highest BCUT2D eigenvalue weighted by molar-refractivity contribution is 7.89. The summed E-state index contributed by atoms with van der Waals surface area (Å²) in [7, 11) is -1.31. The maximum atomic E-state index is 12.1. The second kappa shape index (κ2) is 6.59. The van der Waals surface area contributed by atoms with E-state index in [-0.39, 0.29) is 28.5 Å². The SMILES string of the molecule is C=C(C)CNS(=O)(=O)c1cc(OC)c(OC)c(C(=O)O)c1. The quantitative estimate of drug-likeness (QED) is 0.734. The first-order chi connectivity index (χ1) is 9.72. The summed E-state index contributed by atoms with van der Waals surface area (Å²) in [6, 6.07) is 2.22. The van der Waals surface area contributed by atoms with Gasteiger partial charge >= 0.3 is 5.97 Å². The van der Waals surface area contributed by atoms with E-state index in [4.69, 9.17) is 14.6 Å². The Morgan fingerprint density at radius 1 is 1.33 bits per heavy atom. The molecule has 1 aromatic carbocycles. The van der Waals surface area contributed by atoms with E-state index in [9.17, 15) is 13.2 Å². The van der Waals surface area contributed by atoms with Crippen LogP contribution in [0.15, 0.2) is 29.2 Å². The van der Waals surface area contributed by atoms with Crippen molar-refractivity contribution in [2.24, 2.45) is 0 Å². The van der Waals surface area contributed by atoms with Crippen molar-refractivity contribution in [1.29, 1.82) is 0 Å². The molecular formula is C13H17NO6S. The van der Waals surface area contributed by atoms with Crippen LogP contribution in [0.5, 0.6) is 11.5 Å². The zero-order valence-electron chi connectivity index (χ0n) is 12.0. The number of carboxylic acid groups (broad SMARTS) is 1. The summed E-state index contributed by atoms with van der Waals surface area (Å²) in [5, 5.41) is 9.16. The Morgan fingerprint density at radius 3 is 2.38 bits per heavy atom. The average molecular weight is 315 g/mol. The number of rotatable bonds is 7. The van der Waals surface area contributed by atoms with E-state index in [2.05, 4.69) is 11.3 Å². The Hall–Kier alpha value is -2.06. The van der Waals surface area contributed by atoms with Crippen molar-refractivity contribution >= 4 is 16.0 Å². The first kappa shape index (κ1) is 17.0. The number of sulfonamides is 1. The summed E-state index contributed by atoms with van der Waals surface area (Å²) in [5.74, 6) is -1.33. The molecule has 0 aliphatic heterocycles. The molecule has 21 heavy (non-hydrogen) atoms. The van der Waals surface area contributed by atoms with Crippen LogP contribution in [-0.2, 0) is 10.0 Å². The third-order valence-electron chi connectivity index (χ3n) is 2.56. The highest BCUT2D eigenvalue weighted by atomic mass is 32.2. The van der Waals surface area contributed by atoms with E-state index >= 15 is 0 Å². The van der Waals surface area contributed by atoms with Gasteiger partial charge in [-0.3, -0.25) is 0 Å². The Kier molecular flexibility index (Phi) is 5.34. The number of ether oxygens (including phenoxy) is 2. The van der Waals surface area contributed by atoms with Crippen LogP contribution in [0, 0.1) is 0 Å². The maximum Gasteiger partial charge on any atom is 0.339 e. The second-order valence-electron chi connectivity index (χ2n) is 4.29. The van der Waals surface area contributed by atoms with Gasteiger partial charge in [0, 0.05) is 12.6 Å². The molecule has 2 N–H and O–H groups in total. The smallest absolute Gasteiger partial charge is 0.339 e. The highest BCUT2D eigenvalue weighted by Crippen LogP contribution is 2.34. The summed E-state index contributed by atoms with van der Waals surface area (Å²) in [4.78, 5) is 11.0. The van der Waals surface area contributed by atoms with E-state index in [1.807, 2.05) is 0 Å². The molecule has 0 unspecified atom stereocenters. The lowest BCUT2D eigenvalue weighted by Gasteiger charge is -2.13. The third kappa shape index (κ3) is 3.96. The van der Waals surface area contributed by atoms with Crippen molar-refractivity contribution in [2.75, 3.05) is 20.8 Å². The molecule has 0 atom stereocenters. The number of hydrogen-bond acceptors (Lipinski definition) is 5. The summed E-state index contributed by atoms with van der Waals surface area (Å²) in [5.41, 5.74) is 0.324. The fourth-order valence-electron chi connectivity index (χ4n) is 1.55. The molecule has 116 valence electrons. The Morgan fingerprint density at radius 2 is 1.95 bits per heavy atom. The molecule has 0 bridgehead atoms. The molecule has 0 heterocycles. The molecule has 8 heteroatoms. The molecule has 7 nitrogen and oxygen atoms in total. The predicted octanol–water partition coefficient (Wildman–Crippen LogP) is 1.26. The number of benzene rings is 1. The number of carboxylic acids is 1. The van der Waals surface area contributed by atoms with E-state index in [1.54, 1.807) is 6.92 Å². The maximum absolute atomic E-state index is 12.1. The van der Waals surface area contributed by atoms with Crippen LogP contribution in [0.25, 0.3) is 0 Å². The zero-order chi connectivity index (χ0) is 16.2. The van der Waals surface area contributed by atoms with Gasteiger partial charge in [-0.1, -0.05) is 12.2 Å². The molecule has 0 saturated carbocycles. The second-order valence-corrected chi connectivity index (χ2v) is 6.06.